The number of nitrogens with one attached hydrogen (secondary N) is 1. The third-order valence-corrected chi connectivity index (χ3v) is 4.75. The molecule has 3 amide bonds. The number of aromatic nitrogens is 1. The van der Waals surface area contributed by atoms with Crippen LogP contribution in [-0.2, 0) is 9.59 Å². The largest absolute Gasteiger partial charge is 0.366 e. The number of rotatable bonds is 3. The summed E-state index contributed by atoms with van der Waals surface area (Å²) in [5.74, 6) is -1.98. The number of anilines is 1. The number of likely N-dealkylation sites (tertiary alicyclic amines) is 1. The molecule has 1 fully saturated rings. The van der Waals surface area contributed by atoms with Crippen molar-refractivity contribution in [1.29, 1.82) is 0 Å². The monoisotopic (exact) mass is 366 g/mol. The van der Waals surface area contributed by atoms with Crippen LogP contribution < -0.4 is 11.1 Å². The summed E-state index contributed by atoms with van der Waals surface area (Å²) in [4.78, 5) is 42.4. The van der Waals surface area contributed by atoms with Crippen LogP contribution >= 0.6 is 0 Å². The molecule has 27 heavy (non-hydrogen) atoms. The van der Waals surface area contributed by atoms with Gasteiger partial charge in [-0.2, -0.15) is 0 Å². The van der Waals surface area contributed by atoms with Gasteiger partial charge in [0.05, 0.1) is 29.2 Å². The Balaban J connectivity index is 1.77. The van der Waals surface area contributed by atoms with Gasteiger partial charge < -0.3 is 16.0 Å². The van der Waals surface area contributed by atoms with E-state index in [-0.39, 0.29) is 17.3 Å². The summed E-state index contributed by atoms with van der Waals surface area (Å²) in [5, 5.41) is 2.53. The molecule has 7 nitrogen and oxygen atoms in total. The van der Waals surface area contributed by atoms with Gasteiger partial charge >= 0.3 is 11.8 Å². The Bertz CT molecular complexity index is 867. The van der Waals surface area contributed by atoms with E-state index >= 15 is 0 Å². The minimum atomic E-state index is -0.751. The van der Waals surface area contributed by atoms with Gasteiger partial charge in [-0.05, 0) is 37.8 Å². The lowest BCUT2D eigenvalue weighted by atomic mass is 9.95. The van der Waals surface area contributed by atoms with Gasteiger partial charge in [0, 0.05) is 6.54 Å². The zero-order valence-electron chi connectivity index (χ0n) is 15.1. The van der Waals surface area contributed by atoms with Crippen molar-refractivity contribution < 1.29 is 14.4 Å². The highest BCUT2D eigenvalue weighted by Gasteiger charge is 2.31. The fraction of sp³-hybridized carbons (Fsp3) is 0.300. The van der Waals surface area contributed by atoms with Crippen LogP contribution in [0.5, 0.6) is 0 Å². The molecule has 0 unspecified atom stereocenters. The number of carbonyl (C=O) groups excluding carboxylic acids is 3. The van der Waals surface area contributed by atoms with Gasteiger partial charge in [0.15, 0.2) is 0 Å². The molecule has 3 rings (SSSR count). The van der Waals surface area contributed by atoms with Crippen LogP contribution in [0.3, 0.4) is 0 Å². The zero-order chi connectivity index (χ0) is 19.4. The predicted molar refractivity (Wildman–Crippen MR) is 101 cm³/mol. The number of hydrogen-bond donors (Lipinski definition) is 2. The van der Waals surface area contributed by atoms with Gasteiger partial charge in [0.1, 0.15) is 0 Å². The highest BCUT2D eigenvalue weighted by molar-refractivity contribution is 6.39. The van der Waals surface area contributed by atoms with Crippen molar-refractivity contribution in [3.05, 3.63) is 59.4 Å². The third-order valence-electron chi connectivity index (χ3n) is 4.75. The van der Waals surface area contributed by atoms with Crippen LogP contribution in [-0.4, -0.2) is 34.2 Å². The summed E-state index contributed by atoms with van der Waals surface area (Å²) in [6.45, 7) is 2.18. The summed E-state index contributed by atoms with van der Waals surface area (Å²) in [7, 11) is 0. The Kier molecular flexibility index (Phi) is 5.49. The number of nitrogens with zero attached hydrogens (tertiary/aromatic N) is 2. The average molecular weight is 366 g/mol. The molecule has 2 heterocycles. The molecule has 3 N–H and O–H groups in total. The minimum absolute atomic E-state index is 0.115. The highest BCUT2D eigenvalue weighted by atomic mass is 16.2. The number of carbonyl (C=O) groups is 3. The normalized spacial score (nSPS) is 16.6. The number of hydrogen-bond acceptors (Lipinski definition) is 4. The van der Waals surface area contributed by atoms with E-state index < -0.39 is 17.7 Å². The van der Waals surface area contributed by atoms with Crippen LogP contribution in [0.2, 0.25) is 0 Å². The molecule has 1 aromatic heterocycles. The Labute approximate surface area is 157 Å². The maximum atomic E-state index is 12.8. The number of piperidine rings is 1. The molecule has 0 saturated carbocycles. The number of pyridine rings is 1. The van der Waals surface area contributed by atoms with E-state index in [0.29, 0.717) is 12.2 Å². The Morgan fingerprint density at radius 1 is 1.19 bits per heavy atom. The maximum absolute atomic E-state index is 12.8. The summed E-state index contributed by atoms with van der Waals surface area (Å²) < 4.78 is 0. The Morgan fingerprint density at radius 2 is 1.93 bits per heavy atom. The van der Waals surface area contributed by atoms with Gasteiger partial charge in [-0.15, -0.1) is 0 Å². The highest BCUT2D eigenvalue weighted by Crippen LogP contribution is 2.31. The first-order valence-electron chi connectivity index (χ1n) is 8.90. The van der Waals surface area contributed by atoms with Crippen molar-refractivity contribution in [2.45, 2.75) is 32.2 Å². The minimum Gasteiger partial charge on any atom is -0.366 e. The Hall–Kier alpha value is -3.22. The van der Waals surface area contributed by atoms with Gasteiger partial charge in [0.2, 0.25) is 0 Å². The number of aryl methyl sites for hydroxylation is 1. The molecule has 1 atom stereocenters. The molecule has 1 aliphatic rings. The van der Waals surface area contributed by atoms with E-state index in [1.165, 1.54) is 12.3 Å². The van der Waals surface area contributed by atoms with Crippen molar-refractivity contribution in [1.82, 2.24) is 9.88 Å². The van der Waals surface area contributed by atoms with E-state index in [1.807, 2.05) is 30.3 Å². The van der Waals surface area contributed by atoms with Gasteiger partial charge in [0.25, 0.3) is 5.91 Å². The Morgan fingerprint density at radius 3 is 2.63 bits per heavy atom. The summed E-state index contributed by atoms with van der Waals surface area (Å²) in [5.41, 5.74) is 7.26. The second-order valence-corrected chi connectivity index (χ2v) is 6.60. The molecule has 1 aliphatic heterocycles. The van der Waals surface area contributed by atoms with Gasteiger partial charge in [-0.3, -0.25) is 19.4 Å². The quantitative estimate of drug-likeness (QED) is 0.812. The van der Waals surface area contributed by atoms with Gasteiger partial charge in [-0.25, -0.2) is 0 Å². The van der Waals surface area contributed by atoms with Crippen molar-refractivity contribution >= 4 is 23.4 Å². The lowest BCUT2D eigenvalue weighted by Crippen LogP contribution is -2.44. The van der Waals surface area contributed by atoms with Crippen molar-refractivity contribution in [3.63, 3.8) is 0 Å². The van der Waals surface area contributed by atoms with Crippen LogP contribution in [0.1, 0.15) is 46.9 Å². The molecule has 0 bridgehead atoms. The lowest BCUT2D eigenvalue weighted by Gasteiger charge is -2.35. The average Bonchev–Trinajstić information content (AvgIpc) is 2.69. The standard InChI is InChI=1S/C20H22N4O3/c1-13-16(18(21)25)11-15(12-22-13)23-19(26)20(27)24-10-6-5-9-17(24)14-7-3-2-4-8-14/h2-4,7-8,11-12,17H,5-6,9-10H2,1H3,(H2,21,25)(H,23,26)/t17-/m0/s1. The van der Waals surface area contributed by atoms with Crippen LogP contribution in [0.4, 0.5) is 5.69 Å². The van der Waals surface area contributed by atoms with E-state index in [4.69, 9.17) is 5.73 Å². The van der Waals surface area contributed by atoms with E-state index in [2.05, 4.69) is 10.3 Å². The fourth-order valence-electron chi connectivity index (χ4n) is 3.36. The number of primary amides is 1. The topological polar surface area (TPSA) is 105 Å². The third kappa shape index (κ3) is 4.13. The van der Waals surface area contributed by atoms with Crippen LogP contribution in [0, 0.1) is 6.92 Å². The first kappa shape index (κ1) is 18.6. The molecule has 0 radical (unpaired) electrons. The maximum Gasteiger partial charge on any atom is 0.313 e. The number of benzene rings is 1. The molecule has 140 valence electrons. The lowest BCUT2D eigenvalue weighted by molar-refractivity contribution is -0.145. The SMILES string of the molecule is Cc1ncc(NC(=O)C(=O)N2CCCC[C@H]2c2ccccc2)cc1C(N)=O. The molecular weight excluding hydrogens is 344 g/mol. The molecule has 1 saturated heterocycles. The predicted octanol–water partition coefficient (Wildman–Crippen LogP) is 2.18. The molecule has 2 aromatic rings. The second kappa shape index (κ2) is 7.99. The number of amides is 3. The number of nitrogens with two attached hydrogens (primary N) is 1. The van der Waals surface area contributed by atoms with Crippen molar-refractivity contribution in [3.8, 4) is 0 Å². The van der Waals surface area contributed by atoms with E-state index in [1.54, 1.807) is 11.8 Å². The molecule has 0 spiro atoms. The van der Waals surface area contributed by atoms with Crippen LogP contribution in [0.15, 0.2) is 42.6 Å². The van der Waals surface area contributed by atoms with Crippen molar-refractivity contribution in [2.24, 2.45) is 5.73 Å². The first-order chi connectivity index (χ1) is 13.0. The summed E-state index contributed by atoms with van der Waals surface area (Å²) in [6, 6.07) is 11.0. The summed E-state index contributed by atoms with van der Waals surface area (Å²) in [6.07, 6.45) is 4.09. The van der Waals surface area contributed by atoms with E-state index in [0.717, 1.165) is 24.8 Å². The smallest absolute Gasteiger partial charge is 0.313 e. The molecule has 1 aromatic carbocycles. The molecule has 7 heteroatoms. The second-order valence-electron chi connectivity index (χ2n) is 6.60. The first-order valence-corrected chi connectivity index (χ1v) is 8.90. The van der Waals surface area contributed by atoms with Crippen molar-refractivity contribution in [2.75, 3.05) is 11.9 Å². The molecular formula is C20H22N4O3. The van der Waals surface area contributed by atoms with Gasteiger partial charge in [-0.1, -0.05) is 30.3 Å². The van der Waals surface area contributed by atoms with E-state index in [9.17, 15) is 14.4 Å². The van der Waals surface area contributed by atoms with Crippen LogP contribution in [0.25, 0.3) is 0 Å². The summed E-state index contributed by atoms with van der Waals surface area (Å²) >= 11 is 0. The fourth-order valence-corrected chi connectivity index (χ4v) is 3.36. The molecule has 0 aliphatic carbocycles. The zero-order valence-corrected chi connectivity index (χ0v) is 15.1.